The van der Waals surface area contributed by atoms with Crippen molar-refractivity contribution < 1.29 is 9.00 Å². The van der Waals surface area contributed by atoms with Crippen LogP contribution in [0.25, 0.3) is 0 Å². The molecule has 0 aliphatic rings. The molecule has 1 rings (SSSR count). The van der Waals surface area contributed by atoms with Crippen LogP contribution in [0.3, 0.4) is 0 Å². The Kier molecular flexibility index (Phi) is 7.43. The van der Waals surface area contributed by atoms with Crippen molar-refractivity contribution in [3.05, 3.63) is 29.3 Å². The summed E-state index contributed by atoms with van der Waals surface area (Å²) >= 11 is 0. The van der Waals surface area contributed by atoms with Crippen LogP contribution in [0.15, 0.2) is 18.2 Å². The van der Waals surface area contributed by atoms with E-state index in [1.165, 1.54) is 0 Å². The summed E-state index contributed by atoms with van der Waals surface area (Å²) < 4.78 is 11.3. The lowest BCUT2D eigenvalue weighted by Crippen LogP contribution is -2.28. The zero-order chi connectivity index (χ0) is 15.8. The summed E-state index contributed by atoms with van der Waals surface area (Å²) in [5, 5.41) is 6.29. The zero-order valence-electron chi connectivity index (χ0n) is 13.4. The lowest BCUT2D eigenvalue weighted by Gasteiger charge is -2.13. The Morgan fingerprint density at radius 2 is 2.05 bits per heavy atom. The van der Waals surface area contributed by atoms with Gasteiger partial charge in [0.15, 0.2) is 0 Å². The SMILES string of the molecule is CCCNc1ccc(C)cc1C(=O)NCCC(C)S(C)=O. The quantitative estimate of drug-likeness (QED) is 0.776. The van der Waals surface area contributed by atoms with Gasteiger partial charge in [0, 0.05) is 41.1 Å². The molecule has 0 saturated heterocycles. The Balaban J connectivity index is 2.67. The fraction of sp³-hybridized carbons (Fsp3) is 0.562. The number of carbonyl (C=O) groups excluding carboxylic acids is 1. The number of nitrogens with one attached hydrogen (secondary N) is 2. The Morgan fingerprint density at radius 3 is 2.67 bits per heavy atom. The third kappa shape index (κ3) is 5.87. The highest BCUT2D eigenvalue weighted by molar-refractivity contribution is 7.84. The van der Waals surface area contributed by atoms with E-state index in [1.54, 1.807) is 6.26 Å². The molecule has 0 heterocycles. The van der Waals surface area contributed by atoms with Gasteiger partial charge < -0.3 is 10.6 Å². The van der Waals surface area contributed by atoms with Gasteiger partial charge in [-0.2, -0.15) is 0 Å². The number of carbonyl (C=O) groups is 1. The Bertz CT molecular complexity index is 503. The Morgan fingerprint density at radius 1 is 1.33 bits per heavy atom. The first-order valence-electron chi connectivity index (χ1n) is 7.40. The van der Waals surface area contributed by atoms with Gasteiger partial charge in [-0.3, -0.25) is 9.00 Å². The number of benzene rings is 1. The van der Waals surface area contributed by atoms with Gasteiger partial charge in [-0.25, -0.2) is 0 Å². The highest BCUT2D eigenvalue weighted by Crippen LogP contribution is 2.17. The number of anilines is 1. The van der Waals surface area contributed by atoms with Crippen molar-refractivity contribution in [2.75, 3.05) is 24.7 Å². The molecule has 118 valence electrons. The van der Waals surface area contributed by atoms with E-state index >= 15 is 0 Å². The van der Waals surface area contributed by atoms with E-state index in [4.69, 9.17) is 0 Å². The molecule has 4 nitrogen and oxygen atoms in total. The van der Waals surface area contributed by atoms with Crippen LogP contribution < -0.4 is 10.6 Å². The number of amides is 1. The summed E-state index contributed by atoms with van der Waals surface area (Å²) in [4.78, 5) is 12.3. The zero-order valence-corrected chi connectivity index (χ0v) is 14.2. The first kappa shape index (κ1) is 17.7. The van der Waals surface area contributed by atoms with Crippen LogP contribution in [0.2, 0.25) is 0 Å². The summed E-state index contributed by atoms with van der Waals surface area (Å²) in [5.41, 5.74) is 2.60. The van der Waals surface area contributed by atoms with E-state index in [1.807, 2.05) is 32.0 Å². The van der Waals surface area contributed by atoms with Crippen molar-refractivity contribution >= 4 is 22.4 Å². The molecule has 21 heavy (non-hydrogen) atoms. The van der Waals surface area contributed by atoms with Crippen LogP contribution in [0.1, 0.15) is 42.6 Å². The molecular weight excluding hydrogens is 284 g/mol. The first-order chi connectivity index (χ1) is 9.95. The fourth-order valence-electron chi connectivity index (χ4n) is 1.91. The molecule has 0 aromatic heterocycles. The smallest absolute Gasteiger partial charge is 0.253 e. The van der Waals surface area contributed by atoms with Crippen LogP contribution in [-0.4, -0.2) is 34.7 Å². The average molecular weight is 310 g/mol. The van der Waals surface area contributed by atoms with Crippen LogP contribution in [0.4, 0.5) is 5.69 Å². The van der Waals surface area contributed by atoms with Gasteiger partial charge in [-0.1, -0.05) is 25.5 Å². The van der Waals surface area contributed by atoms with Gasteiger partial charge in [-0.05, 0) is 31.9 Å². The monoisotopic (exact) mass is 310 g/mol. The minimum atomic E-state index is -0.846. The lowest BCUT2D eigenvalue weighted by atomic mass is 10.1. The van der Waals surface area contributed by atoms with Gasteiger partial charge in [0.25, 0.3) is 5.91 Å². The third-order valence-electron chi connectivity index (χ3n) is 3.39. The topological polar surface area (TPSA) is 58.2 Å². The van der Waals surface area contributed by atoms with E-state index in [0.29, 0.717) is 12.1 Å². The van der Waals surface area contributed by atoms with Gasteiger partial charge >= 0.3 is 0 Å². The standard InChI is InChI=1S/C16H26N2O2S/c1-5-9-17-15-7-6-12(2)11-14(15)16(19)18-10-8-13(3)21(4)20/h6-7,11,13,17H,5,8-10H2,1-4H3,(H,18,19). The van der Waals surface area contributed by atoms with Crippen LogP contribution in [0, 0.1) is 6.92 Å². The van der Waals surface area contributed by atoms with Crippen molar-refractivity contribution in [2.45, 2.75) is 38.9 Å². The highest BCUT2D eigenvalue weighted by Gasteiger charge is 2.12. The Hall–Kier alpha value is -1.36. The molecule has 0 saturated carbocycles. The van der Waals surface area contributed by atoms with Crippen LogP contribution in [-0.2, 0) is 10.8 Å². The minimum Gasteiger partial charge on any atom is -0.384 e. The molecule has 2 atom stereocenters. The van der Waals surface area contributed by atoms with Crippen molar-refractivity contribution in [3.8, 4) is 0 Å². The maximum Gasteiger partial charge on any atom is 0.253 e. The molecule has 0 aliphatic carbocycles. The van der Waals surface area contributed by atoms with Crippen LogP contribution in [0.5, 0.6) is 0 Å². The van der Waals surface area contributed by atoms with Gasteiger partial charge in [0.05, 0.1) is 5.56 Å². The highest BCUT2D eigenvalue weighted by atomic mass is 32.2. The second-order valence-electron chi connectivity index (χ2n) is 5.33. The molecule has 0 spiro atoms. The average Bonchev–Trinajstić information content (AvgIpc) is 2.45. The molecule has 1 aromatic carbocycles. The second-order valence-corrected chi connectivity index (χ2v) is 7.13. The van der Waals surface area contributed by atoms with Gasteiger partial charge in [-0.15, -0.1) is 0 Å². The van der Waals surface area contributed by atoms with Gasteiger partial charge in [0.1, 0.15) is 0 Å². The number of rotatable bonds is 8. The Labute approximate surface area is 130 Å². The van der Waals surface area contributed by atoms with Crippen LogP contribution >= 0.6 is 0 Å². The molecule has 0 radical (unpaired) electrons. The molecule has 2 unspecified atom stereocenters. The maximum atomic E-state index is 12.3. The number of hydrogen-bond acceptors (Lipinski definition) is 3. The minimum absolute atomic E-state index is 0.0774. The van der Waals surface area contributed by atoms with Crippen molar-refractivity contribution in [2.24, 2.45) is 0 Å². The summed E-state index contributed by atoms with van der Waals surface area (Å²) in [6.07, 6.45) is 3.42. The van der Waals surface area contributed by atoms with E-state index in [0.717, 1.165) is 30.6 Å². The first-order valence-corrected chi connectivity index (χ1v) is 9.02. The molecule has 2 N–H and O–H groups in total. The number of aryl methyl sites for hydroxylation is 1. The summed E-state index contributed by atoms with van der Waals surface area (Å²) in [5.74, 6) is -0.0774. The van der Waals surface area contributed by atoms with Crippen molar-refractivity contribution in [1.82, 2.24) is 5.32 Å². The van der Waals surface area contributed by atoms with E-state index in [9.17, 15) is 9.00 Å². The van der Waals surface area contributed by atoms with E-state index in [-0.39, 0.29) is 11.2 Å². The summed E-state index contributed by atoms with van der Waals surface area (Å²) in [7, 11) is -0.846. The predicted molar refractivity (Wildman–Crippen MR) is 90.4 cm³/mol. The third-order valence-corrected chi connectivity index (χ3v) is 4.76. The fourth-order valence-corrected chi connectivity index (χ4v) is 2.36. The molecule has 0 aliphatic heterocycles. The summed E-state index contributed by atoms with van der Waals surface area (Å²) in [6.45, 7) is 7.38. The normalized spacial score (nSPS) is 13.5. The maximum absolute atomic E-state index is 12.3. The molecule has 0 fully saturated rings. The molecule has 0 bridgehead atoms. The molecule has 1 amide bonds. The van der Waals surface area contributed by atoms with Crippen molar-refractivity contribution in [3.63, 3.8) is 0 Å². The lowest BCUT2D eigenvalue weighted by molar-refractivity contribution is 0.0954. The second kappa shape index (κ2) is 8.82. The summed E-state index contributed by atoms with van der Waals surface area (Å²) in [6, 6.07) is 5.84. The van der Waals surface area contributed by atoms with E-state index in [2.05, 4.69) is 17.6 Å². The number of hydrogen-bond donors (Lipinski definition) is 2. The van der Waals surface area contributed by atoms with Crippen molar-refractivity contribution in [1.29, 1.82) is 0 Å². The molecule has 1 aromatic rings. The molecule has 5 heteroatoms. The molecular formula is C16H26N2O2S. The largest absolute Gasteiger partial charge is 0.384 e. The van der Waals surface area contributed by atoms with Gasteiger partial charge in [0.2, 0.25) is 0 Å². The van der Waals surface area contributed by atoms with E-state index < -0.39 is 10.8 Å². The predicted octanol–water partition coefficient (Wildman–Crippen LogP) is 2.70.